The first-order valence-corrected chi connectivity index (χ1v) is 11.3. The molecule has 1 aromatic heterocycles. The molecular weight excluding hydrogens is 424 g/mol. The van der Waals surface area contributed by atoms with Crippen LogP contribution in [0.4, 0.5) is 0 Å². The summed E-state index contributed by atoms with van der Waals surface area (Å²) in [6.45, 7) is 6.03. The standard InChI is InChI=1S/C25H30N2O6/c1-3-13-32-22-9-7-18(14-23(22)31-4-2)8-10-24(29)33-17-21(28)19-15-20(26-16-19)25(30)27-11-5-6-12-27/h7-10,14-16,26H,3-6,11-13,17H2,1-2H3/b10-8+. The number of nitrogens with one attached hydrogen (secondary N) is 1. The zero-order valence-electron chi connectivity index (χ0n) is 19.1. The SMILES string of the molecule is CCCOc1ccc(/C=C/C(=O)OCC(=O)c2c[nH]c(C(=O)N3CCCC3)c2)cc1OCC. The van der Waals surface area contributed by atoms with Gasteiger partial charge in [0.2, 0.25) is 5.78 Å². The molecule has 0 spiro atoms. The Bertz CT molecular complexity index is 1000. The van der Waals surface area contributed by atoms with Crippen LogP contribution in [-0.2, 0) is 9.53 Å². The monoisotopic (exact) mass is 454 g/mol. The molecule has 1 saturated heterocycles. The van der Waals surface area contributed by atoms with Crippen LogP contribution in [0.3, 0.4) is 0 Å². The van der Waals surface area contributed by atoms with Gasteiger partial charge in [0, 0.05) is 30.9 Å². The number of carbonyl (C=O) groups is 3. The van der Waals surface area contributed by atoms with E-state index < -0.39 is 12.6 Å². The number of esters is 1. The fourth-order valence-electron chi connectivity index (χ4n) is 3.43. The molecule has 0 unspecified atom stereocenters. The van der Waals surface area contributed by atoms with Crippen molar-refractivity contribution < 1.29 is 28.6 Å². The van der Waals surface area contributed by atoms with Crippen molar-refractivity contribution in [2.75, 3.05) is 32.9 Å². The number of aromatic nitrogens is 1. The van der Waals surface area contributed by atoms with Crippen LogP contribution in [0.15, 0.2) is 36.5 Å². The van der Waals surface area contributed by atoms with Gasteiger partial charge in [0.25, 0.3) is 5.91 Å². The van der Waals surface area contributed by atoms with Crippen LogP contribution in [0.1, 0.15) is 59.5 Å². The van der Waals surface area contributed by atoms with E-state index in [1.165, 1.54) is 18.3 Å². The second kappa shape index (κ2) is 11.9. The molecule has 3 rings (SSSR count). The Morgan fingerprint density at radius 1 is 1.06 bits per heavy atom. The Kier molecular flexibility index (Phi) is 8.69. The van der Waals surface area contributed by atoms with E-state index >= 15 is 0 Å². The molecule has 0 atom stereocenters. The predicted molar refractivity (Wildman–Crippen MR) is 124 cm³/mol. The number of aromatic amines is 1. The summed E-state index contributed by atoms with van der Waals surface area (Å²) in [7, 11) is 0. The number of ketones is 1. The number of amides is 1. The molecule has 2 aromatic rings. The largest absolute Gasteiger partial charge is 0.490 e. The third-order valence-corrected chi connectivity index (χ3v) is 5.12. The lowest BCUT2D eigenvalue weighted by Crippen LogP contribution is -2.27. The van der Waals surface area contributed by atoms with Crippen molar-refractivity contribution in [3.05, 3.63) is 53.4 Å². The molecular formula is C25H30N2O6. The lowest BCUT2D eigenvalue weighted by atomic mass is 10.2. The van der Waals surface area contributed by atoms with E-state index in [9.17, 15) is 14.4 Å². The average molecular weight is 455 g/mol. The minimum absolute atomic E-state index is 0.121. The Balaban J connectivity index is 1.53. The highest BCUT2D eigenvalue weighted by molar-refractivity contribution is 6.01. The smallest absolute Gasteiger partial charge is 0.331 e. The molecule has 0 bridgehead atoms. The van der Waals surface area contributed by atoms with Crippen molar-refractivity contribution in [1.82, 2.24) is 9.88 Å². The predicted octanol–water partition coefficient (Wildman–Crippen LogP) is 3.88. The Labute approximate surface area is 193 Å². The van der Waals surface area contributed by atoms with Crippen molar-refractivity contribution in [1.29, 1.82) is 0 Å². The fraction of sp³-hybridized carbons (Fsp3) is 0.400. The molecule has 0 aliphatic carbocycles. The quantitative estimate of drug-likeness (QED) is 0.314. The molecule has 1 aliphatic heterocycles. The molecule has 0 saturated carbocycles. The van der Waals surface area contributed by atoms with Crippen LogP contribution in [0.5, 0.6) is 11.5 Å². The van der Waals surface area contributed by atoms with Crippen molar-refractivity contribution in [2.24, 2.45) is 0 Å². The van der Waals surface area contributed by atoms with Gasteiger partial charge in [-0.25, -0.2) is 4.79 Å². The molecule has 1 fully saturated rings. The maximum absolute atomic E-state index is 12.4. The van der Waals surface area contributed by atoms with Crippen molar-refractivity contribution in [2.45, 2.75) is 33.1 Å². The van der Waals surface area contributed by atoms with Gasteiger partial charge < -0.3 is 24.1 Å². The summed E-state index contributed by atoms with van der Waals surface area (Å²) < 4.78 is 16.3. The zero-order valence-corrected chi connectivity index (χ0v) is 19.1. The number of carbonyl (C=O) groups excluding carboxylic acids is 3. The number of rotatable bonds is 11. The molecule has 176 valence electrons. The third-order valence-electron chi connectivity index (χ3n) is 5.12. The van der Waals surface area contributed by atoms with E-state index in [0.29, 0.717) is 36.0 Å². The fourth-order valence-corrected chi connectivity index (χ4v) is 3.43. The first-order valence-electron chi connectivity index (χ1n) is 11.3. The molecule has 8 nitrogen and oxygen atoms in total. The van der Waals surface area contributed by atoms with Crippen LogP contribution >= 0.6 is 0 Å². The normalized spacial score (nSPS) is 13.3. The number of likely N-dealkylation sites (tertiary alicyclic amines) is 1. The Hall–Kier alpha value is -3.55. The van der Waals surface area contributed by atoms with Gasteiger partial charge in [-0.2, -0.15) is 0 Å². The number of benzene rings is 1. The Morgan fingerprint density at radius 3 is 2.58 bits per heavy atom. The van der Waals surface area contributed by atoms with Crippen molar-refractivity contribution in [3.63, 3.8) is 0 Å². The van der Waals surface area contributed by atoms with Gasteiger partial charge in [-0.1, -0.05) is 13.0 Å². The summed E-state index contributed by atoms with van der Waals surface area (Å²) >= 11 is 0. The van der Waals surface area contributed by atoms with Gasteiger partial charge in [-0.3, -0.25) is 9.59 Å². The lowest BCUT2D eigenvalue weighted by molar-refractivity contribution is -0.136. The molecule has 1 amide bonds. The second-order valence-corrected chi connectivity index (χ2v) is 7.65. The summed E-state index contributed by atoms with van der Waals surface area (Å²) in [6, 6.07) is 6.88. The van der Waals surface area contributed by atoms with Gasteiger partial charge in [0.05, 0.1) is 13.2 Å². The summed E-state index contributed by atoms with van der Waals surface area (Å²) in [5, 5.41) is 0. The highest BCUT2D eigenvalue weighted by Crippen LogP contribution is 2.29. The second-order valence-electron chi connectivity index (χ2n) is 7.65. The number of hydrogen-bond donors (Lipinski definition) is 1. The van der Waals surface area contributed by atoms with Crippen LogP contribution in [0.2, 0.25) is 0 Å². The first-order chi connectivity index (χ1) is 16.0. The van der Waals surface area contributed by atoms with Crippen LogP contribution < -0.4 is 9.47 Å². The lowest BCUT2D eigenvalue weighted by Gasteiger charge is -2.13. The number of H-pyrrole nitrogens is 1. The van der Waals surface area contributed by atoms with Gasteiger partial charge in [-0.15, -0.1) is 0 Å². The maximum atomic E-state index is 12.4. The molecule has 1 N–H and O–H groups in total. The molecule has 33 heavy (non-hydrogen) atoms. The van der Waals surface area contributed by atoms with Gasteiger partial charge >= 0.3 is 5.97 Å². The number of hydrogen-bond acceptors (Lipinski definition) is 6. The van der Waals surface area contributed by atoms with Gasteiger partial charge in [0.1, 0.15) is 5.69 Å². The summed E-state index contributed by atoms with van der Waals surface area (Å²) in [4.78, 5) is 41.4. The number of ether oxygens (including phenoxy) is 3. The Morgan fingerprint density at radius 2 is 1.85 bits per heavy atom. The minimum atomic E-state index is -0.642. The van der Waals surface area contributed by atoms with Crippen molar-refractivity contribution in [3.8, 4) is 11.5 Å². The van der Waals surface area contributed by atoms with E-state index in [4.69, 9.17) is 14.2 Å². The van der Waals surface area contributed by atoms with E-state index in [1.54, 1.807) is 29.2 Å². The third kappa shape index (κ3) is 6.71. The molecule has 1 aromatic carbocycles. The maximum Gasteiger partial charge on any atom is 0.331 e. The molecule has 2 heterocycles. The summed E-state index contributed by atoms with van der Waals surface area (Å²) in [5.41, 5.74) is 1.41. The van der Waals surface area contributed by atoms with Crippen LogP contribution in [-0.4, -0.2) is 60.5 Å². The van der Waals surface area contributed by atoms with Gasteiger partial charge in [0.15, 0.2) is 18.1 Å². The molecule has 1 aliphatic rings. The zero-order chi connectivity index (χ0) is 23.6. The highest BCUT2D eigenvalue weighted by atomic mass is 16.5. The van der Waals surface area contributed by atoms with E-state index in [0.717, 1.165) is 37.9 Å². The van der Waals surface area contributed by atoms with Crippen molar-refractivity contribution >= 4 is 23.7 Å². The summed E-state index contributed by atoms with van der Waals surface area (Å²) in [6.07, 6.45) is 7.17. The van der Waals surface area contributed by atoms with Crippen LogP contribution in [0, 0.1) is 0 Å². The number of Topliss-reactive ketones (excluding diaryl/α,β-unsaturated/α-hetero) is 1. The van der Waals surface area contributed by atoms with E-state index in [-0.39, 0.29) is 11.7 Å². The average Bonchev–Trinajstić information content (AvgIpc) is 3.53. The summed E-state index contributed by atoms with van der Waals surface area (Å²) in [5.74, 6) is 0.103. The van der Waals surface area contributed by atoms with E-state index in [2.05, 4.69) is 4.98 Å². The van der Waals surface area contributed by atoms with Crippen LogP contribution in [0.25, 0.3) is 6.08 Å². The molecule has 8 heteroatoms. The minimum Gasteiger partial charge on any atom is -0.490 e. The van der Waals surface area contributed by atoms with Gasteiger partial charge in [-0.05, 0) is 56.0 Å². The molecule has 0 radical (unpaired) electrons. The first kappa shape index (κ1) is 24.1. The topological polar surface area (TPSA) is 97.9 Å². The van der Waals surface area contributed by atoms with E-state index in [1.807, 2.05) is 13.8 Å². The highest BCUT2D eigenvalue weighted by Gasteiger charge is 2.22. The number of nitrogens with zero attached hydrogens (tertiary/aromatic N) is 1.